The number of nitrogens with two attached hydrogens (primary N) is 1. The zero-order valence-electron chi connectivity index (χ0n) is 12.2. The van der Waals surface area contributed by atoms with E-state index in [4.69, 9.17) is 10.3 Å². The van der Waals surface area contributed by atoms with Crippen LogP contribution in [0.2, 0.25) is 0 Å². The summed E-state index contributed by atoms with van der Waals surface area (Å²) in [5, 5.41) is 4.25. The molecule has 2 saturated carbocycles. The predicted molar refractivity (Wildman–Crippen MR) is 79.6 cm³/mol. The molecule has 1 heterocycles. The van der Waals surface area contributed by atoms with Crippen molar-refractivity contribution >= 4 is 0 Å². The maximum atomic E-state index is 5.78. The molecule has 3 atom stereocenters. The minimum atomic E-state index is 0.533. The van der Waals surface area contributed by atoms with Gasteiger partial charge >= 0.3 is 0 Å². The smallest absolute Gasteiger partial charge is 0.231 e. The van der Waals surface area contributed by atoms with Crippen LogP contribution in [0.3, 0.4) is 0 Å². The monoisotopic (exact) mass is 283 g/mol. The van der Waals surface area contributed by atoms with Gasteiger partial charge in [-0.2, -0.15) is 4.98 Å². The SMILES string of the molecule is NCc1ccccc1Cc1nc(C2CC3CCC2C3)no1. The molecular formula is C17H21N3O. The Morgan fingerprint density at radius 1 is 1.14 bits per heavy atom. The molecule has 2 bridgehead atoms. The second-order valence-electron chi connectivity index (χ2n) is 6.48. The Morgan fingerprint density at radius 3 is 2.71 bits per heavy atom. The van der Waals surface area contributed by atoms with Gasteiger partial charge in [0.05, 0.1) is 6.42 Å². The van der Waals surface area contributed by atoms with E-state index in [9.17, 15) is 0 Å². The molecule has 2 N–H and O–H groups in total. The Balaban J connectivity index is 1.52. The fourth-order valence-electron chi connectivity index (χ4n) is 4.14. The van der Waals surface area contributed by atoms with Crippen LogP contribution in [-0.2, 0) is 13.0 Å². The van der Waals surface area contributed by atoms with Gasteiger partial charge in [0.25, 0.3) is 0 Å². The molecule has 0 radical (unpaired) electrons. The predicted octanol–water partition coefficient (Wildman–Crippen LogP) is 3.02. The highest BCUT2D eigenvalue weighted by Gasteiger charge is 2.42. The molecule has 21 heavy (non-hydrogen) atoms. The zero-order chi connectivity index (χ0) is 14.2. The van der Waals surface area contributed by atoms with Crippen LogP contribution in [0.5, 0.6) is 0 Å². The standard InChI is InChI=1S/C17H21N3O/c18-10-14-4-2-1-3-12(14)9-16-19-17(20-21-16)15-8-11-5-6-13(15)7-11/h1-4,11,13,15H,5-10,18H2. The summed E-state index contributed by atoms with van der Waals surface area (Å²) in [7, 11) is 0. The third kappa shape index (κ3) is 2.38. The van der Waals surface area contributed by atoms with Crippen LogP contribution in [0.15, 0.2) is 28.8 Å². The number of hydrogen-bond acceptors (Lipinski definition) is 4. The van der Waals surface area contributed by atoms with Crippen molar-refractivity contribution in [1.29, 1.82) is 0 Å². The van der Waals surface area contributed by atoms with E-state index in [0.29, 0.717) is 24.8 Å². The fourth-order valence-corrected chi connectivity index (χ4v) is 4.14. The molecule has 2 fully saturated rings. The molecule has 0 aliphatic heterocycles. The second-order valence-corrected chi connectivity index (χ2v) is 6.48. The highest BCUT2D eigenvalue weighted by atomic mass is 16.5. The number of benzene rings is 1. The first-order valence-corrected chi connectivity index (χ1v) is 7.93. The maximum absolute atomic E-state index is 5.78. The van der Waals surface area contributed by atoms with Crippen LogP contribution in [0.25, 0.3) is 0 Å². The van der Waals surface area contributed by atoms with Gasteiger partial charge in [0.15, 0.2) is 5.82 Å². The molecule has 4 rings (SSSR count). The second kappa shape index (κ2) is 5.26. The minimum Gasteiger partial charge on any atom is -0.339 e. The molecule has 0 spiro atoms. The molecule has 2 aliphatic rings. The number of hydrogen-bond donors (Lipinski definition) is 1. The summed E-state index contributed by atoms with van der Waals surface area (Å²) in [6, 6.07) is 8.19. The zero-order valence-corrected chi connectivity index (χ0v) is 12.2. The summed E-state index contributed by atoms with van der Waals surface area (Å²) in [5.41, 5.74) is 8.12. The lowest BCUT2D eigenvalue weighted by Crippen LogP contribution is -2.10. The average molecular weight is 283 g/mol. The van der Waals surface area contributed by atoms with Crippen LogP contribution in [0.1, 0.15) is 54.4 Å². The van der Waals surface area contributed by atoms with Crippen molar-refractivity contribution in [1.82, 2.24) is 10.1 Å². The van der Waals surface area contributed by atoms with Crippen molar-refractivity contribution in [3.05, 3.63) is 47.1 Å². The average Bonchev–Trinajstić information content (AvgIpc) is 3.23. The fraction of sp³-hybridized carbons (Fsp3) is 0.529. The molecule has 4 heteroatoms. The van der Waals surface area contributed by atoms with Crippen LogP contribution in [-0.4, -0.2) is 10.1 Å². The highest BCUT2D eigenvalue weighted by molar-refractivity contribution is 5.29. The Morgan fingerprint density at radius 2 is 2.00 bits per heavy atom. The van der Waals surface area contributed by atoms with Gasteiger partial charge in [-0.15, -0.1) is 0 Å². The van der Waals surface area contributed by atoms with Crippen LogP contribution in [0.4, 0.5) is 0 Å². The van der Waals surface area contributed by atoms with E-state index in [1.54, 1.807) is 0 Å². The van der Waals surface area contributed by atoms with Crippen LogP contribution >= 0.6 is 0 Å². The minimum absolute atomic E-state index is 0.533. The van der Waals surface area contributed by atoms with E-state index >= 15 is 0 Å². The van der Waals surface area contributed by atoms with E-state index in [1.165, 1.54) is 31.2 Å². The summed E-state index contributed by atoms with van der Waals surface area (Å²) in [6.45, 7) is 0.545. The van der Waals surface area contributed by atoms with Crippen molar-refractivity contribution in [3.63, 3.8) is 0 Å². The highest BCUT2D eigenvalue weighted by Crippen LogP contribution is 2.52. The van der Waals surface area contributed by atoms with E-state index in [0.717, 1.165) is 23.2 Å². The summed E-state index contributed by atoms with van der Waals surface area (Å²) in [6.07, 6.45) is 6.04. The van der Waals surface area contributed by atoms with E-state index in [1.807, 2.05) is 12.1 Å². The van der Waals surface area contributed by atoms with Gasteiger partial charge in [-0.05, 0) is 42.2 Å². The summed E-state index contributed by atoms with van der Waals surface area (Å²) < 4.78 is 5.49. The van der Waals surface area contributed by atoms with Crippen LogP contribution in [0, 0.1) is 11.8 Å². The van der Waals surface area contributed by atoms with Gasteiger partial charge in [-0.1, -0.05) is 35.8 Å². The molecule has 1 aromatic carbocycles. The van der Waals surface area contributed by atoms with Gasteiger partial charge in [0.1, 0.15) is 0 Å². The van der Waals surface area contributed by atoms with E-state index in [-0.39, 0.29) is 0 Å². The first kappa shape index (κ1) is 13.0. The number of fused-ring (bicyclic) bond motifs is 2. The van der Waals surface area contributed by atoms with Gasteiger partial charge in [-0.25, -0.2) is 0 Å². The third-order valence-corrected chi connectivity index (χ3v) is 5.23. The lowest BCUT2D eigenvalue weighted by molar-refractivity contribution is 0.355. The maximum Gasteiger partial charge on any atom is 0.231 e. The van der Waals surface area contributed by atoms with Crippen molar-refractivity contribution in [2.75, 3.05) is 0 Å². The van der Waals surface area contributed by atoms with Crippen molar-refractivity contribution in [3.8, 4) is 0 Å². The Hall–Kier alpha value is -1.68. The van der Waals surface area contributed by atoms with E-state index < -0.39 is 0 Å². The lowest BCUT2D eigenvalue weighted by Gasteiger charge is -2.17. The molecule has 2 aliphatic carbocycles. The molecule has 3 unspecified atom stereocenters. The number of aromatic nitrogens is 2. The van der Waals surface area contributed by atoms with Gasteiger partial charge in [0.2, 0.25) is 5.89 Å². The van der Waals surface area contributed by atoms with Crippen molar-refractivity contribution < 1.29 is 4.52 Å². The first-order chi connectivity index (χ1) is 10.3. The van der Waals surface area contributed by atoms with E-state index in [2.05, 4.69) is 22.3 Å². The quantitative estimate of drug-likeness (QED) is 0.936. The Labute approximate surface area is 124 Å². The van der Waals surface area contributed by atoms with Gasteiger partial charge in [-0.3, -0.25) is 0 Å². The number of rotatable bonds is 4. The first-order valence-electron chi connectivity index (χ1n) is 7.93. The van der Waals surface area contributed by atoms with Crippen molar-refractivity contribution in [2.24, 2.45) is 17.6 Å². The summed E-state index contributed by atoms with van der Waals surface area (Å²) in [5.74, 6) is 3.87. The Kier molecular flexibility index (Phi) is 3.26. The largest absolute Gasteiger partial charge is 0.339 e. The molecule has 110 valence electrons. The van der Waals surface area contributed by atoms with Crippen molar-refractivity contribution in [2.45, 2.75) is 44.6 Å². The van der Waals surface area contributed by atoms with Gasteiger partial charge in [0, 0.05) is 12.5 Å². The van der Waals surface area contributed by atoms with Gasteiger partial charge < -0.3 is 10.3 Å². The molecule has 2 aromatic rings. The third-order valence-electron chi connectivity index (χ3n) is 5.23. The molecule has 4 nitrogen and oxygen atoms in total. The summed E-state index contributed by atoms with van der Waals surface area (Å²) in [4.78, 5) is 4.66. The normalized spacial score (nSPS) is 27.4. The summed E-state index contributed by atoms with van der Waals surface area (Å²) >= 11 is 0. The number of nitrogens with zero attached hydrogens (tertiary/aromatic N) is 2. The molecule has 0 amide bonds. The molecule has 0 saturated heterocycles. The lowest BCUT2D eigenvalue weighted by atomic mass is 9.88. The topological polar surface area (TPSA) is 64.9 Å². The molecule has 1 aromatic heterocycles. The van der Waals surface area contributed by atoms with Crippen LogP contribution < -0.4 is 5.73 Å². The Bertz CT molecular complexity index is 636. The molecular weight excluding hydrogens is 262 g/mol.